The summed E-state index contributed by atoms with van der Waals surface area (Å²) in [6.07, 6.45) is 0. The van der Waals surface area contributed by atoms with Gasteiger partial charge in [0.05, 0.1) is 17.3 Å². The average molecular weight is 279 g/mol. The predicted octanol–water partition coefficient (Wildman–Crippen LogP) is 2.49. The number of rotatable bonds is 3. The monoisotopic (exact) mass is 279 g/mol. The second kappa shape index (κ2) is 4.98. The number of fused-ring (bicyclic) bond motifs is 1. The first kappa shape index (κ1) is 13.2. The molecule has 0 fully saturated rings. The van der Waals surface area contributed by atoms with E-state index in [1.807, 2.05) is 6.07 Å². The lowest BCUT2D eigenvalue weighted by Crippen LogP contribution is -2.42. The summed E-state index contributed by atoms with van der Waals surface area (Å²) in [5.41, 5.74) is 1.38. The van der Waals surface area contributed by atoms with Crippen LogP contribution in [0.5, 0.6) is 0 Å². The zero-order valence-electron chi connectivity index (χ0n) is 11.4. The van der Waals surface area contributed by atoms with Gasteiger partial charge in [-0.15, -0.1) is 0 Å². The third-order valence-corrected chi connectivity index (χ3v) is 3.65. The van der Waals surface area contributed by atoms with Gasteiger partial charge in [0.15, 0.2) is 5.78 Å². The van der Waals surface area contributed by atoms with Crippen LogP contribution in [0.1, 0.15) is 27.6 Å². The Labute approximate surface area is 122 Å². The molecule has 4 nitrogen and oxygen atoms in total. The summed E-state index contributed by atoms with van der Waals surface area (Å²) in [5.74, 6) is -1.39. The summed E-state index contributed by atoms with van der Waals surface area (Å²) in [6, 6.07) is 14.8. The van der Waals surface area contributed by atoms with Crippen molar-refractivity contribution < 1.29 is 14.4 Å². The van der Waals surface area contributed by atoms with Crippen LogP contribution in [0.3, 0.4) is 0 Å². The van der Waals surface area contributed by atoms with E-state index in [4.69, 9.17) is 0 Å². The van der Waals surface area contributed by atoms with Crippen LogP contribution in [-0.2, 0) is 4.79 Å². The summed E-state index contributed by atoms with van der Waals surface area (Å²) in [4.78, 5) is 37.9. The molecular weight excluding hydrogens is 266 g/mol. The Kier molecular flexibility index (Phi) is 3.14. The van der Waals surface area contributed by atoms with E-state index >= 15 is 0 Å². The molecule has 2 aromatic carbocycles. The highest BCUT2D eigenvalue weighted by Gasteiger charge is 2.40. The van der Waals surface area contributed by atoms with Crippen LogP contribution in [0, 0.1) is 0 Å². The van der Waals surface area contributed by atoms with Crippen LogP contribution in [0.25, 0.3) is 0 Å². The van der Waals surface area contributed by atoms with Gasteiger partial charge >= 0.3 is 0 Å². The van der Waals surface area contributed by atoms with Crippen LogP contribution in [0.15, 0.2) is 54.6 Å². The van der Waals surface area contributed by atoms with E-state index in [1.165, 1.54) is 4.90 Å². The standard InChI is InChI=1S/C17H13NO3/c1-11(15(19)12-7-3-2-4-8-12)18-14-10-6-5-9-13(14)16(20)17(18)21/h2-11H,1H3. The van der Waals surface area contributed by atoms with Gasteiger partial charge < -0.3 is 0 Å². The summed E-state index contributed by atoms with van der Waals surface area (Å²) >= 11 is 0. The third kappa shape index (κ3) is 2.05. The fraction of sp³-hybridized carbons (Fsp3) is 0.118. The van der Waals surface area contributed by atoms with Crippen LogP contribution in [0.4, 0.5) is 5.69 Å². The van der Waals surface area contributed by atoms with Gasteiger partial charge in [-0.3, -0.25) is 19.3 Å². The molecule has 0 radical (unpaired) electrons. The number of hydrogen-bond acceptors (Lipinski definition) is 3. The van der Waals surface area contributed by atoms with Gasteiger partial charge in [-0.25, -0.2) is 0 Å². The molecule has 0 saturated heterocycles. The van der Waals surface area contributed by atoms with Crippen molar-refractivity contribution in [1.29, 1.82) is 0 Å². The molecule has 21 heavy (non-hydrogen) atoms. The number of carbonyl (C=O) groups excluding carboxylic acids is 3. The Balaban J connectivity index is 1.99. The summed E-state index contributed by atoms with van der Waals surface area (Å²) in [7, 11) is 0. The molecule has 0 aliphatic carbocycles. The summed E-state index contributed by atoms with van der Waals surface area (Å²) in [5, 5.41) is 0. The lowest BCUT2D eigenvalue weighted by molar-refractivity contribution is -0.114. The zero-order chi connectivity index (χ0) is 15.0. The van der Waals surface area contributed by atoms with Gasteiger partial charge in [0.1, 0.15) is 0 Å². The van der Waals surface area contributed by atoms with Gasteiger partial charge in [-0.05, 0) is 19.1 Å². The number of anilines is 1. The number of amides is 1. The molecule has 1 amide bonds. The van der Waals surface area contributed by atoms with Crippen LogP contribution in [0.2, 0.25) is 0 Å². The number of carbonyl (C=O) groups is 3. The smallest absolute Gasteiger partial charge is 0.294 e. The van der Waals surface area contributed by atoms with Crippen molar-refractivity contribution in [3.05, 3.63) is 65.7 Å². The molecule has 0 N–H and O–H groups in total. The Morgan fingerprint density at radius 1 is 0.952 bits per heavy atom. The maximum atomic E-state index is 12.5. The van der Waals surface area contributed by atoms with E-state index in [9.17, 15) is 14.4 Å². The first-order chi connectivity index (χ1) is 10.1. The molecule has 1 aliphatic heterocycles. The van der Waals surface area contributed by atoms with E-state index in [0.29, 0.717) is 16.8 Å². The summed E-state index contributed by atoms with van der Waals surface area (Å²) in [6.45, 7) is 1.64. The van der Waals surface area contributed by atoms with Crippen molar-refractivity contribution in [2.75, 3.05) is 4.90 Å². The SMILES string of the molecule is CC(C(=O)c1ccccc1)N1C(=O)C(=O)c2ccccc21. The normalized spacial score (nSPS) is 15.0. The van der Waals surface area contributed by atoms with Crippen LogP contribution >= 0.6 is 0 Å². The van der Waals surface area contributed by atoms with Crippen LogP contribution in [-0.4, -0.2) is 23.5 Å². The second-order valence-corrected chi connectivity index (χ2v) is 4.93. The Morgan fingerprint density at radius 2 is 1.57 bits per heavy atom. The largest absolute Gasteiger partial charge is 0.300 e. The molecule has 0 aromatic heterocycles. The minimum Gasteiger partial charge on any atom is -0.294 e. The molecule has 0 spiro atoms. The van der Waals surface area contributed by atoms with Crippen molar-refractivity contribution >= 4 is 23.2 Å². The second-order valence-electron chi connectivity index (χ2n) is 4.93. The van der Waals surface area contributed by atoms with E-state index in [-0.39, 0.29) is 5.78 Å². The lowest BCUT2D eigenvalue weighted by atomic mass is 10.0. The Bertz CT molecular complexity index is 737. The van der Waals surface area contributed by atoms with Crippen molar-refractivity contribution in [3.8, 4) is 0 Å². The lowest BCUT2D eigenvalue weighted by Gasteiger charge is -2.23. The van der Waals surface area contributed by atoms with Gasteiger partial charge in [-0.1, -0.05) is 42.5 Å². The molecular formula is C17H13NO3. The minimum absolute atomic E-state index is 0.187. The van der Waals surface area contributed by atoms with E-state index in [2.05, 4.69) is 0 Å². The molecule has 3 rings (SSSR count). The van der Waals surface area contributed by atoms with E-state index < -0.39 is 17.7 Å². The predicted molar refractivity (Wildman–Crippen MR) is 78.5 cm³/mol. The molecule has 1 heterocycles. The molecule has 104 valence electrons. The quantitative estimate of drug-likeness (QED) is 0.640. The number of Topliss-reactive ketones (excluding diaryl/α,β-unsaturated/α-hetero) is 2. The molecule has 0 saturated carbocycles. The maximum absolute atomic E-state index is 12.5. The van der Waals surface area contributed by atoms with Crippen molar-refractivity contribution in [1.82, 2.24) is 0 Å². The summed E-state index contributed by atoms with van der Waals surface area (Å²) < 4.78 is 0. The number of ketones is 2. The maximum Gasteiger partial charge on any atom is 0.300 e. The van der Waals surface area contributed by atoms with Gasteiger partial charge in [0, 0.05) is 5.56 Å². The fourth-order valence-corrected chi connectivity index (χ4v) is 2.56. The molecule has 0 bridgehead atoms. The molecule has 1 aliphatic rings. The Hall–Kier alpha value is -2.75. The molecule has 4 heteroatoms. The van der Waals surface area contributed by atoms with Crippen molar-refractivity contribution in [2.24, 2.45) is 0 Å². The van der Waals surface area contributed by atoms with Crippen LogP contribution < -0.4 is 4.90 Å². The third-order valence-electron chi connectivity index (χ3n) is 3.65. The molecule has 1 atom stereocenters. The number of hydrogen-bond donors (Lipinski definition) is 0. The first-order valence-electron chi connectivity index (χ1n) is 6.67. The fourth-order valence-electron chi connectivity index (χ4n) is 2.56. The van der Waals surface area contributed by atoms with Crippen molar-refractivity contribution in [2.45, 2.75) is 13.0 Å². The topological polar surface area (TPSA) is 54.5 Å². The highest BCUT2D eigenvalue weighted by Crippen LogP contribution is 2.31. The minimum atomic E-state index is -0.715. The molecule has 2 aromatic rings. The van der Waals surface area contributed by atoms with E-state index in [1.54, 1.807) is 55.5 Å². The highest BCUT2D eigenvalue weighted by molar-refractivity contribution is 6.53. The number of para-hydroxylation sites is 1. The number of nitrogens with zero attached hydrogens (tertiary/aromatic N) is 1. The molecule has 1 unspecified atom stereocenters. The average Bonchev–Trinajstić information content (AvgIpc) is 2.79. The number of benzene rings is 2. The van der Waals surface area contributed by atoms with E-state index in [0.717, 1.165) is 0 Å². The first-order valence-corrected chi connectivity index (χ1v) is 6.67. The Morgan fingerprint density at radius 3 is 2.29 bits per heavy atom. The van der Waals surface area contributed by atoms with Crippen molar-refractivity contribution in [3.63, 3.8) is 0 Å². The van der Waals surface area contributed by atoms with Gasteiger partial charge in [-0.2, -0.15) is 0 Å². The highest BCUT2D eigenvalue weighted by atomic mass is 16.2. The van der Waals surface area contributed by atoms with Gasteiger partial charge in [0.25, 0.3) is 11.7 Å². The zero-order valence-corrected chi connectivity index (χ0v) is 11.4. The van der Waals surface area contributed by atoms with Gasteiger partial charge in [0.2, 0.25) is 0 Å².